The van der Waals surface area contributed by atoms with Crippen LogP contribution in [0.4, 0.5) is 0 Å². The largest absolute Gasteiger partial charge is 0.341 e. The third-order valence-corrected chi connectivity index (χ3v) is 3.33. The van der Waals surface area contributed by atoms with E-state index in [2.05, 4.69) is 17.1 Å². The molecule has 0 spiro atoms. The van der Waals surface area contributed by atoms with E-state index in [-0.39, 0.29) is 0 Å². The topological polar surface area (TPSA) is 32.3 Å². The van der Waals surface area contributed by atoms with Gasteiger partial charge in [0.15, 0.2) is 0 Å². The Bertz CT molecular complexity index is 205. The Balaban J connectivity index is 1.83. The number of carbonyl (C=O) groups excluding carboxylic acids is 1. The van der Waals surface area contributed by atoms with Crippen LogP contribution < -0.4 is 5.32 Å². The van der Waals surface area contributed by atoms with Crippen LogP contribution in [0.25, 0.3) is 0 Å². The average molecular weight is 196 g/mol. The van der Waals surface area contributed by atoms with Crippen LogP contribution in [0.2, 0.25) is 0 Å². The molecule has 2 rings (SSSR count). The van der Waals surface area contributed by atoms with Gasteiger partial charge in [-0.05, 0) is 18.8 Å². The summed E-state index contributed by atoms with van der Waals surface area (Å²) in [5.74, 6) is 1.09. The normalized spacial score (nSPS) is 30.8. The predicted molar refractivity (Wildman–Crippen MR) is 56.0 cm³/mol. The first-order valence-corrected chi connectivity index (χ1v) is 5.80. The van der Waals surface area contributed by atoms with Crippen LogP contribution in [0.1, 0.15) is 32.6 Å². The summed E-state index contributed by atoms with van der Waals surface area (Å²) in [6, 6.07) is 0.583. The Kier molecular flexibility index (Phi) is 3.06. The summed E-state index contributed by atoms with van der Waals surface area (Å²) in [6.45, 7) is 5.18. The fourth-order valence-electron chi connectivity index (χ4n) is 2.52. The van der Waals surface area contributed by atoms with Gasteiger partial charge >= 0.3 is 0 Å². The van der Waals surface area contributed by atoms with Gasteiger partial charge in [-0.2, -0.15) is 0 Å². The highest BCUT2D eigenvalue weighted by atomic mass is 16.2. The zero-order valence-electron chi connectivity index (χ0n) is 8.96. The van der Waals surface area contributed by atoms with Crippen LogP contribution in [0.3, 0.4) is 0 Å². The first-order chi connectivity index (χ1) is 6.79. The van der Waals surface area contributed by atoms with E-state index >= 15 is 0 Å². The molecule has 2 saturated heterocycles. The highest BCUT2D eigenvalue weighted by Gasteiger charge is 2.33. The lowest BCUT2D eigenvalue weighted by Gasteiger charge is -2.31. The number of hydrogen-bond donors (Lipinski definition) is 1. The van der Waals surface area contributed by atoms with E-state index in [1.54, 1.807) is 0 Å². The highest BCUT2D eigenvalue weighted by Crippen LogP contribution is 2.22. The van der Waals surface area contributed by atoms with Crippen LogP contribution in [-0.4, -0.2) is 36.5 Å². The second-order valence-electron chi connectivity index (χ2n) is 4.61. The number of nitrogens with one attached hydrogen (secondary N) is 1. The second kappa shape index (κ2) is 4.30. The van der Waals surface area contributed by atoms with Gasteiger partial charge in [-0.1, -0.05) is 13.3 Å². The molecule has 0 radical (unpaired) electrons. The zero-order valence-corrected chi connectivity index (χ0v) is 8.96. The SMILES string of the molecule is CCCCC(=O)N1C[C@@H]2CN[C@@H](C2)C1. The lowest BCUT2D eigenvalue weighted by atomic mass is 9.99. The number of amides is 1. The molecule has 3 nitrogen and oxygen atoms in total. The highest BCUT2D eigenvalue weighted by molar-refractivity contribution is 5.76. The average Bonchev–Trinajstić information content (AvgIpc) is 2.54. The van der Waals surface area contributed by atoms with Gasteiger partial charge in [-0.3, -0.25) is 4.79 Å². The second-order valence-corrected chi connectivity index (χ2v) is 4.61. The summed E-state index contributed by atoms with van der Waals surface area (Å²) in [4.78, 5) is 13.8. The molecule has 80 valence electrons. The fraction of sp³-hybridized carbons (Fsp3) is 0.909. The number of hydrogen-bond acceptors (Lipinski definition) is 2. The molecule has 2 aliphatic heterocycles. The standard InChI is InChI=1S/C11H20N2O/c1-2-3-4-11(14)13-7-9-5-10(8-13)12-6-9/h9-10,12H,2-8H2,1H3/t9-,10-/m0/s1. The Morgan fingerprint density at radius 3 is 3.07 bits per heavy atom. The summed E-state index contributed by atoms with van der Waals surface area (Å²) >= 11 is 0. The van der Waals surface area contributed by atoms with E-state index < -0.39 is 0 Å². The van der Waals surface area contributed by atoms with Crippen molar-refractivity contribution >= 4 is 5.91 Å². The van der Waals surface area contributed by atoms with E-state index in [0.29, 0.717) is 11.9 Å². The molecule has 0 unspecified atom stereocenters. The third kappa shape index (κ3) is 2.08. The molecule has 1 N–H and O–H groups in total. The Labute approximate surface area is 85.8 Å². The lowest BCUT2D eigenvalue weighted by Crippen LogP contribution is -2.44. The molecule has 0 aromatic carbocycles. The number of likely N-dealkylation sites (tertiary alicyclic amines) is 1. The summed E-state index contributed by atoms with van der Waals surface area (Å²) in [6.07, 6.45) is 4.18. The molecule has 14 heavy (non-hydrogen) atoms. The van der Waals surface area contributed by atoms with E-state index in [0.717, 1.165) is 44.8 Å². The van der Waals surface area contributed by atoms with Crippen molar-refractivity contribution in [2.75, 3.05) is 19.6 Å². The summed E-state index contributed by atoms with van der Waals surface area (Å²) in [5, 5.41) is 3.47. The molecule has 2 aliphatic rings. The van der Waals surface area contributed by atoms with Crippen molar-refractivity contribution in [3.63, 3.8) is 0 Å². The Hall–Kier alpha value is -0.570. The van der Waals surface area contributed by atoms with Crippen LogP contribution in [0.15, 0.2) is 0 Å². The number of rotatable bonds is 3. The Morgan fingerprint density at radius 2 is 2.36 bits per heavy atom. The smallest absolute Gasteiger partial charge is 0.222 e. The molecular weight excluding hydrogens is 176 g/mol. The van der Waals surface area contributed by atoms with E-state index in [4.69, 9.17) is 0 Å². The maximum Gasteiger partial charge on any atom is 0.222 e. The summed E-state index contributed by atoms with van der Waals surface area (Å²) in [7, 11) is 0. The number of unbranched alkanes of at least 4 members (excludes halogenated alkanes) is 1. The monoisotopic (exact) mass is 196 g/mol. The van der Waals surface area contributed by atoms with Gasteiger partial charge < -0.3 is 10.2 Å². The van der Waals surface area contributed by atoms with Crippen molar-refractivity contribution in [2.45, 2.75) is 38.6 Å². The first-order valence-electron chi connectivity index (χ1n) is 5.80. The van der Waals surface area contributed by atoms with Crippen molar-refractivity contribution in [2.24, 2.45) is 5.92 Å². The lowest BCUT2D eigenvalue weighted by molar-refractivity contribution is -0.132. The number of nitrogens with zero attached hydrogens (tertiary/aromatic N) is 1. The van der Waals surface area contributed by atoms with Crippen molar-refractivity contribution in [1.29, 1.82) is 0 Å². The molecule has 0 saturated carbocycles. The third-order valence-electron chi connectivity index (χ3n) is 3.33. The molecule has 3 heteroatoms. The van der Waals surface area contributed by atoms with Gasteiger partial charge in [0.25, 0.3) is 0 Å². The molecule has 0 aromatic rings. The fourth-order valence-corrected chi connectivity index (χ4v) is 2.52. The van der Waals surface area contributed by atoms with Gasteiger partial charge in [0.1, 0.15) is 0 Å². The summed E-state index contributed by atoms with van der Waals surface area (Å²) < 4.78 is 0. The molecule has 2 fully saturated rings. The molecular formula is C11H20N2O. The van der Waals surface area contributed by atoms with Crippen molar-refractivity contribution in [3.8, 4) is 0 Å². The van der Waals surface area contributed by atoms with Gasteiger partial charge in [-0.25, -0.2) is 0 Å². The van der Waals surface area contributed by atoms with Gasteiger partial charge in [0, 0.05) is 32.1 Å². The van der Waals surface area contributed by atoms with Crippen molar-refractivity contribution < 1.29 is 4.79 Å². The molecule has 2 atom stereocenters. The van der Waals surface area contributed by atoms with Crippen LogP contribution in [0, 0.1) is 5.92 Å². The minimum Gasteiger partial charge on any atom is -0.341 e. The number of carbonyl (C=O) groups is 1. The molecule has 2 heterocycles. The zero-order chi connectivity index (χ0) is 9.97. The van der Waals surface area contributed by atoms with Crippen molar-refractivity contribution in [1.82, 2.24) is 10.2 Å². The molecule has 0 aliphatic carbocycles. The van der Waals surface area contributed by atoms with Gasteiger partial charge in [0.05, 0.1) is 0 Å². The molecule has 0 aromatic heterocycles. The molecule has 2 bridgehead atoms. The predicted octanol–water partition coefficient (Wildman–Crippen LogP) is 0.997. The van der Waals surface area contributed by atoms with E-state index in [1.807, 2.05) is 0 Å². The van der Waals surface area contributed by atoms with Gasteiger partial charge in [-0.15, -0.1) is 0 Å². The Morgan fingerprint density at radius 1 is 1.50 bits per heavy atom. The maximum absolute atomic E-state index is 11.8. The van der Waals surface area contributed by atoms with Crippen LogP contribution in [-0.2, 0) is 4.79 Å². The van der Waals surface area contributed by atoms with Gasteiger partial charge in [0.2, 0.25) is 5.91 Å². The van der Waals surface area contributed by atoms with Crippen LogP contribution in [0.5, 0.6) is 0 Å². The minimum atomic E-state index is 0.366. The van der Waals surface area contributed by atoms with Crippen LogP contribution >= 0.6 is 0 Å². The van der Waals surface area contributed by atoms with Crippen molar-refractivity contribution in [3.05, 3.63) is 0 Å². The minimum absolute atomic E-state index is 0.366. The van der Waals surface area contributed by atoms with E-state index in [1.165, 1.54) is 6.42 Å². The maximum atomic E-state index is 11.8. The summed E-state index contributed by atoms with van der Waals surface area (Å²) in [5.41, 5.74) is 0. The molecule has 1 amide bonds. The quantitative estimate of drug-likeness (QED) is 0.730. The van der Waals surface area contributed by atoms with E-state index in [9.17, 15) is 4.79 Å². The number of piperidine rings is 1. The number of fused-ring (bicyclic) bond motifs is 2. The first kappa shape index (κ1) is 9.97.